The number of rotatable bonds is 1. The Kier molecular flexibility index (Phi) is 3.69. The summed E-state index contributed by atoms with van der Waals surface area (Å²) in [6.45, 7) is 7.08. The third-order valence-corrected chi connectivity index (χ3v) is 11.5. The topological polar surface area (TPSA) is 48.9 Å². The van der Waals surface area contributed by atoms with Crippen LogP contribution in [-0.4, -0.2) is 13.9 Å². The van der Waals surface area contributed by atoms with Crippen LogP contribution in [0, 0.1) is 28.6 Å². The van der Waals surface area contributed by atoms with Crippen LogP contribution >= 0.6 is 0 Å². The van der Waals surface area contributed by atoms with Crippen LogP contribution in [-0.2, 0) is 5.54 Å². The number of allylic oxidation sites excluding steroid dienone is 4. The van der Waals surface area contributed by atoms with Crippen molar-refractivity contribution in [1.29, 1.82) is 0 Å². The molecule has 7 atom stereocenters. The predicted molar refractivity (Wildman–Crippen MR) is 125 cm³/mol. The van der Waals surface area contributed by atoms with Gasteiger partial charge in [0.1, 0.15) is 0 Å². The van der Waals surface area contributed by atoms with Gasteiger partial charge in [-0.05, 0) is 55.3 Å². The molecule has 0 saturated heterocycles. The van der Waals surface area contributed by atoms with E-state index >= 15 is 0 Å². The summed E-state index contributed by atoms with van der Waals surface area (Å²) in [5.74, 6) is 1.40. The van der Waals surface area contributed by atoms with Gasteiger partial charge in [-0.25, -0.2) is 23.5 Å². The van der Waals surface area contributed by atoms with Gasteiger partial charge in [-0.2, -0.15) is 0 Å². The zero-order valence-corrected chi connectivity index (χ0v) is 19.8. The van der Waals surface area contributed by atoms with Crippen molar-refractivity contribution in [3.8, 4) is 0 Å². The molecule has 5 nitrogen and oxygen atoms in total. The molecule has 32 heavy (non-hydrogen) atoms. The summed E-state index contributed by atoms with van der Waals surface area (Å²) in [4.78, 5) is 28.2. The molecule has 1 aromatic rings. The van der Waals surface area contributed by atoms with Crippen LogP contribution in [0.4, 0.5) is 0 Å². The van der Waals surface area contributed by atoms with Crippen molar-refractivity contribution in [1.82, 2.24) is 13.9 Å². The van der Waals surface area contributed by atoms with Gasteiger partial charge in [0.15, 0.2) is 0 Å². The van der Waals surface area contributed by atoms with Crippen molar-refractivity contribution in [2.75, 3.05) is 0 Å². The lowest BCUT2D eigenvalue weighted by molar-refractivity contribution is 0.0306. The Labute approximate surface area is 190 Å². The Bertz CT molecular complexity index is 1180. The lowest BCUT2D eigenvalue weighted by Gasteiger charge is -2.58. The van der Waals surface area contributed by atoms with Gasteiger partial charge in [-0.1, -0.05) is 70.3 Å². The molecule has 0 unspecified atom stereocenters. The predicted octanol–water partition coefficient (Wildman–Crippen LogP) is 4.94. The maximum atomic E-state index is 14.2. The first-order valence-corrected chi connectivity index (χ1v) is 13.2. The number of fused-ring (bicyclic) bond motifs is 2. The Morgan fingerprint density at radius 3 is 2.50 bits per heavy atom. The van der Waals surface area contributed by atoms with Crippen LogP contribution in [0.2, 0.25) is 0 Å². The lowest BCUT2D eigenvalue weighted by atomic mass is 9.55. The standard InChI is InChI=1S/C27H37N3O2/c1-25(2)18-10-13-26(25,3)21(16-18)28-23(31)29-20-11-14-27(30(29)24(28)32)12-8-6-4-5-7-9-17-15-19(20)22(17)27/h11,14-15,18-22H,4-10,12-13,16H2,1-3H3/t18-,19+,20-,21+,22-,26-,27+/m0/s1. The van der Waals surface area contributed by atoms with E-state index in [-0.39, 0.29) is 39.8 Å². The highest BCUT2D eigenvalue weighted by Crippen LogP contribution is 2.69. The lowest BCUT2D eigenvalue weighted by Crippen LogP contribution is -2.62. The minimum absolute atomic E-state index is 0.00872. The van der Waals surface area contributed by atoms with E-state index < -0.39 is 0 Å². The van der Waals surface area contributed by atoms with Gasteiger partial charge in [-0.3, -0.25) is 0 Å². The Balaban J connectivity index is 1.42. The molecule has 1 spiro atoms. The first kappa shape index (κ1) is 19.7. The van der Waals surface area contributed by atoms with Crippen molar-refractivity contribution in [3.05, 3.63) is 44.8 Å². The molecular weight excluding hydrogens is 398 g/mol. The molecule has 172 valence electrons. The molecule has 5 aliphatic carbocycles. The first-order valence-electron chi connectivity index (χ1n) is 13.2. The zero-order valence-electron chi connectivity index (χ0n) is 19.8. The van der Waals surface area contributed by atoms with Crippen LogP contribution in [0.3, 0.4) is 0 Å². The second-order valence-corrected chi connectivity index (χ2v) is 12.6. The summed E-state index contributed by atoms with van der Waals surface area (Å²) in [6.07, 6.45) is 18.8. The fraction of sp³-hybridized carbons (Fsp3) is 0.778. The summed E-state index contributed by atoms with van der Waals surface area (Å²) >= 11 is 0. The average molecular weight is 436 g/mol. The maximum absolute atomic E-state index is 14.2. The summed E-state index contributed by atoms with van der Waals surface area (Å²) < 4.78 is 5.59. The van der Waals surface area contributed by atoms with Crippen molar-refractivity contribution in [3.63, 3.8) is 0 Å². The monoisotopic (exact) mass is 435 g/mol. The highest BCUT2D eigenvalue weighted by molar-refractivity contribution is 5.38. The van der Waals surface area contributed by atoms with Crippen LogP contribution in [0.1, 0.15) is 97.1 Å². The first-order chi connectivity index (χ1) is 15.3. The van der Waals surface area contributed by atoms with E-state index in [4.69, 9.17) is 0 Å². The second-order valence-electron chi connectivity index (χ2n) is 12.6. The highest BCUT2D eigenvalue weighted by Gasteiger charge is 2.64. The van der Waals surface area contributed by atoms with E-state index in [0.29, 0.717) is 17.8 Å². The van der Waals surface area contributed by atoms with Gasteiger partial charge in [0.25, 0.3) is 0 Å². The number of nitrogens with zero attached hydrogens (tertiary/aromatic N) is 3. The van der Waals surface area contributed by atoms with Gasteiger partial charge in [0.2, 0.25) is 0 Å². The summed E-state index contributed by atoms with van der Waals surface area (Å²) in [6, 6.07) is 0.0386. The van der Waals surface area contributed by atoms with Crippen molar-refractivity contribution in [2.24, 2.45) is 28.6 Å². The van der Waals surface area contributed by atoms with Crippen LogP contribution in [0.25, 0.3) is 0 Å². The van der Waals surface area contributed by atoms with Crippen LogP contribution < -0.4 is 11.4 Å². The van der Waals surface area contributed by atoms with Crippen LogP contribution in [0.15, 0.2) is 33.4 Å². The maximum Gasteiger partial charge on any atom is 0.348 e. The number of hydrogen-bond acceptors (Lipinski definition) is 2. The molecule has 0 radical (unpaired) electrons. The molecule has 1 aromatic heterocycles. The molecule has 0 aromatic carbocycles. The van der Waals surface area contributed by atoms with Gasteiger partial charge in [-0.15, -0.1) is 0 Å². The molecule has 3 fully saturated rings. The molecule has 5 heteroatoms. The summed E-state index contributed by atoms with van der Waals surface area (Å²) in [7, 11) is 0. The Hall–Kier alpha value is -1.78. The molecule has 4 bridgehead atoms. The molecule has 3 heterocycles. The molecule has 2 aliphatic heterocycles. The largest absolute Gasteiger partial charge is 0.348 e. The molecule has 3 saturated carbocycles. The molecular formula is C27H37N3O2. The molecule has 0 amide bonds. The van der Waals surface area contributed by atoms with Gasteiger partial charge < -0.3 is 0 Å². The van der Waals surface area contributed by atoms with Gasteiger partial charge in [0, 0.05) is 17.9 Å². The van der Waals surface area contributed by atoms with E-state index in [1.165, 1.54) is 38.5 Å². The van der Waals surface area contributed by atoms with Crippen molar-refractivity contribution < 1.29 is 0 Å². The summed E-state index contributed by atoms with van der Waals surface area (Å²) in [5, 5.41) is 0. The fourth-order valence-electron chi connectivity index (χ4n) is 9.25. The Morgan fingerprint density at radius 2 is 1.75 bits per heavy atom. The second kappa shape index (κ2) is 6.01. The van der Waals surface area contributed by atoms with E-state index in [0.717, 1.165) is 25.7 Å². The minimum atomic E-state index is -0.337. The zero-order chi connectivity index (χ0) is 22.0. The van der Waals surface area contributed by atoms with E-state index in [1.807, 2.05) is 9.36 Å². The quantitative estimate of drug-likeness (QED) is 0.587. The van der Waals surface area contributed by atoms with E-state index in [9.17, 15) is 9.59 Å². The average Bonchev–Trinajstić information content (AvgIpc) is 3.22. The van der Waals surface area contributed by atoms with Gasteiger partial charge >= 0.3 is 11.4 Å². The fourth-order valence-corrected chi connectivity index (χ4v) is 9.25. The number of aromatic nitrogens is 3. The summed E-state index contributed by atoms with van der Waals surface area (Å²) in [5.41, 5.74) is 1.34. The van der Waals surface area contributed by atoms with E-state index in [1.54, 1.807) is 10.1 Å². The smallest absolute Gasteiger partial charge is 0.246 e. The molecule has 0 N–H and O–H groups in total. The minimum Gasteiger partial charge on any atom is -0.246 e. The van der Waals surface area contributed by atoms with Crippen LogP contribution in [0.5, 0.6) is 0 Å². The third kappa shape index (κ3) is 2.00. The number of hydrogen-bond donors (Lipinski definition) is 0. The van der Waals surface area contributed by atoms with Gasteiger partial charge in [0.05, 0.1) is 11.6 Å². The SMILES string of the molecule is CC1(C)[C@H]2CC[C@@]1(C)[C@H](n1c(=O)n3n(c1=O)[C@@]14C=C[C@H]3[C@H]3C=C(CCCCCCC1)[C@@H]34)C2. The third-order valence-electron chi connectivity index (χ3n) is 11.5. The highest BCUT2D eigenvalue weighted by atomic mass is 16.2. The van der Waals surface area contributed by atoms with Crippen molar-refractivity contribution in [2.45, 2.75) is 103 Å². The molecule has 7 aliphatic rings. The van der Waals surface area contributed by atoms with Crippen molar-refractivity contribution >= 4 is 0 Å². The Morgan fingerprint density at radius 1 is 0.969 bits per heavy atom. The molecule has 8 rings (SSSR count). The van der Waals surface area contributed by atoms with E-state index in [2.05, 4.69) is 39.0 Å². The normalized spacial score (nSPS) is 45.2.